The van der Waals surface area contributed by atoms with Gasteiger partial charge in [0.25, 0.3) is 0 Å². The normalized spacial score (nSPS) is 14.4. The fourth-order valence-corrected chi connectivity index (χ4v) is 6.81. The van der Waals surface area contributed by atoms with Crippen LogP contribution in [0.15, 0.2) is 36.5 Å². The van der Waals surface area contributed by atoms with Crippen LogP contribution in [0.3, 0.4) is 0 Å². The Morgan fingerprint density at radius 2 is 1.06 bits per heavy atom. The van der Waals surface area contributed by atoms with Gasteiger partial charge in [-0.3, -0.25) is 13.8 Å². The highest BCUT2D eigenvalue weighted by atomic mass is 31.2. The van der Waals surface area contributed by atoms with Crippen LogP contribution in [0.2, 0.25) is 0 Å². The topological polar surface area (TPSA) is 132 Å². The molecular formula is C44H83O9P. The number of hydrogen-bond donors (Lipinski definition) is 3. The molecule has 54 heavy (non-hydrogen) atoms. The molecule has 318 valence electrons. The summed E-state index contributed by atoms with van der Waals surface area (Å²) in [7, 11) is -4.52. The highest BCUT2D eigenvalue weighted by Crippen LogP contribution is 2.43. The lowest BCUT2D eigenvalue weighted by molar-refractivity contribution is -0.154. The zero-order valence-corrected chi connectivity index (χ0v) is 35.6. The molecular weight excluding hydrogens is 703 g/mol. The van der Waals surface area contributed by atoms with Gasteiger partial charge in [-0.25, -0.2) is 4.57 Å². The van der Waals surface area contributed by atoms with E-state index in [0.29, 0.717) is 13.0 Å². The summed E-state index contributed by atoms with van der Waals surface area (Å²) in [5.41, 5.74) is 0. The van der Waals surface area contributed by atoms with Gasteiger partial charge < -0.3 is 24.6 Å². The predicted molar refractivity (Wildman–Crippen MR) is 224 cm³/mol. The number of phosphoric ester groups is 1. The van der Waals surface area contributed by atoms with E-state index in [-0.39, 0.29) is 19.6 Å². The number of allylic oxidation sites excluding steroid dienone is 6. The van der Waals surface area contributed by atoms with Gasteiger partial charge in [0.15, 0.2) is 0 Å². The van der Waals surface area contributed by atoms with Crippen molar-refractivity contribution < 1.29 is 43.0 Å². The molecule has 0 aromatic rings. The van der Waals surface area contributed by atoms with Gasteiger partial charge in [0.05, 0.1) is 26.4 Å². The summed E-state index contributed by atoms with van der Waals surface area (Å²) in [6.07, 6.45) is 43.9. The molecule has 0 aliphatic heterocycles. The lowest BCUT2D eigenvalue weighted by Crippen LogP contribution is -2.29. The first-order chi connectivity index (χ1) is 26.3. The minimum atomic E-state index is -4.52. The maximum Gasteiger partial charge on any atom is 0.472 e. The van der Waals surface area contributed by atoms with Gasteiger partial charge in [0.2, 0.25) is 0 Å². The highest BCUT2D eigenvalue weighted by molar-refractivity contribution is 7.47. The first-order valence-corrected chi connectivity index (χ1v) is 23.5. The highest BCUT2D eigenvalue weighted by Gasteiger charge is 2.26. The van der Waals surface area contributed by atoms with E-state index in [1.54, 1.807) is 0 Å². The molecule has 0 aliphatic rings. The second-order valence-electron chi connectivity index (χ2n) is 14.7. The van der Waals surface area contributed by atoms with Gasteiger partial charge in [-0.05, 0) is 44.9 Å². The molecule has 1 unspecified atom stereocenters. The molecule has 0 rings (SSSR count). The number of carbonyl (C=O) groups is 1. The Labute approximate surface area is 331 Å². The average Bonchev–Trinajstić information content (AvgIpc) is 3.16. The van der Waals surface area contributed by atoms with Gasteiger partial charge in [0.1, 0.15) is 12.2 Å². The Morgan fingerprint density at radius 1 is 0.593 bits per heavy atom. The van der Waals surface area contributed by atoms with Crippen molar-refractivity contribution in [1.82, 2.24) is 0 Å². The van der Waals surface area contributed by atoms with Gasteiger partial charge in [0, 0.05) is 13.0 Å². The smallest absolute Gasteiger partial charge is 0.457 e. The molecule has 0 bridgehead atoms. The van der Waals surface area contributed by atoms with Crippen molar-refractivity contribution in [3.05, 3.63) is 36.5 Å². The molecule has 0 fully saturated rings. The Balaban J connectivity index is 4.15. The molecule has 0 spiro atoms. The third-order valence-corrected chi connectivity index (χ3v) is 10.3. The fourth-order valence-electron chi connectivity index (χ4n) is 6.02. The molecule has 3 N–H and O–H groups in total. The number of phosphoric acid groups is 1. The number of hydrogen-bond acceptors (Lipinski definition) is 8. The van der Waals surface area contributed by atoms with E-state index in [1.165, 1.54) is 103 Å². The Hall–Kier alpha value is -1.32. The van der Waals surface area contributed by atoms with Gasteiger partial charge in [-0.2, -0.15) is 0 Å². The van der Waals surface area contributed by atoms with E-state index in [2.05, 4.69) is 50.3 Å². The summed E-state index contributed by atoms with van der Waals surface area (Å²) in [6, 6.07) is 0. The lowest BCUT2D eigenvalue weighted by atomic mass is 10.0. The summed E-state index contributed by atoms with van der Waals surface area (Å²) in [4.78, 5) is 22.6. The van der Waals surface area contributed by atoms with Crippen molar-refractivity contribution in [3.63, 3.8) is 0 Å². The lowest BCUT2D eigenvalue weighted by Gasteiger charge is -2.20. The van der Waals surface area contributed by atoms with E-state index in [0.717, 1.165) is 64.2 Å². The number of aliphatic hydroxyl groups is 2. The predicted octanol–water partition coefficient (Wildman–Crippen LogP) is 12.0. The van der Waals surface area contributed by atoms with E-state index in [9.17, 15) is 19.4 Å². The van der Waals surface area contributed by atoms with Crippen LogP contribution >= 0.6 is 7.82 Å². The van der Waals surface area contributed by atoms with Gasteiger partial charge in [-0.1, -0.05) is 179 Å². The van der Waals surface area contributed by atoms with Crippen molar-refractivity contribution in [2.45, 2.75) is 206 Å². The van der Waals surface area contributed by atoms with Crippen molar-refractivity contribution >= 4 is 13.8 Å². The third kappa shape index (κ3) is 40.3. The average molecular weight is 787 g/mol. The SMILES string of the molecule is CC/C=C\C/C=C\C/C=C\CCCCCCCC(=O)O[C@H](COCCCCCCCCCCCCCCCCCCCC)COP(=O)(O)OC[C@@H](O)CO. The van der Waals surface area contributed by atoms with Crippen molar-refractivity contribution in [2.24, 2.45) is 0 Å². The molecule has 0 saturated heterocycles. The number of ether oxygens (including phenoxy) is 2. The molecule has 10 heteroatoms. The number of aliphatic hydroxyl groups excluding tert-OH is 2. The summed E-state index contributed by atoms with van der Waals surface area (Å²) >= 11 is 0. The largest absolute Gasteiger partial charge is 0.472 e. The zero-order valence-electron chi connectivity index (χ0n) is 34.7. The number of rotatable bonds is 42. The van der Waals surface area contributed by atoms with Crippen LogP contribution in [-0.4, -0.2) is 66.3 Å². The number of unbranched alkanes of at least 4 members (excludes halogenated alkanes) is 22. The summed E-state index contributed by atoms with van der Waals surface area (Å²) in [5.74, 6) is -0.397. The standard InChI is InChI=1S/C44H83O9P/c1-3-5-7-9-11-13-15-17-19-20-21-23-25-27-29-31-33-35-37-50-40-43(41-52-54(48,49)51-39-42(46)38-45)53-44(47)36-34-32-30-28-26-24-22-18-16-14-12-10-8-6-4-2/h6,8,12,14,18,22,42-43,45-46H,3-5,7,9-11,13,15-17,19-21,23-41H2,1-2H3,(H,48,49)/b8-6-,14-12-,22-18-/t42-,43+/m0/s1. The van der Waals surface area contributed by atoms with Crippen molar-refractivity contribution in [1.29, 1.82) is 0 Å². The Kier molecular flexibility index (Phi) is 40.3. The molecule has 9 nitrogen and oxygen atoms in total. The molecule has 0 amide bonds. The molecule has 0 heterocycles. The van der Waals surface area contributed by atoms with Gasteiger partial charge in [-0.15, -0.1) is 0 Å². The molecule has 0 aromatic carbocycles. The van der Waals surface area contributed by atoms with Crippen LogP contribution in [0.5, 0.6) is 0 Å². The van der Waals surface area contributed by atoms with Crippen LogP contribution in [0, 0.1) is 0 Å². The summed E-state index contributed by atoms with van der Waals surface area (Å²) in [5, 5.41) is 18.3. The molecule has 0 radical (unpaired) electrons. The minimum Gasteiger partial charge on any atom is -0.457 e. The molecule has 0 aliphatic carbocycles. The fraction of sp³-hybridized carbons (Fsp3) is 0.841. The van der Waals surface area contributed by atoms with Crippen molar-refractivity contribution in [3.8, 4) is 0 Å². The van der Waals surface area contributed by atoms with E-state index in [4.69, 9.17) is 23.6 Å². The minimum absolute atomic E-state index is 0.0448. The van der Waals surface area contributed by atoms with Crippen LogP contribution in [0.4, 0.5) is 0 Å². The van der Waals surface area contributed by atoms with E-state index >= 15 is 0 Å². The van der Waals surface area contributed by atoms with Crippen LogP contribution < -0.4 is 0 Å². The summed E-state index contributed by atoms with van der Waals surface area (Å²) in [6.45, 7) is 3.41. The maximum absolute atomic E-state index is 12.6. The van der Waals surface area contributed by atoms with Crippen molar-refractivity contribution in [2.75, 3.05) is 33.0 Å². The molecule has 0 saturated carbocycles. The number of esters is 1. The third-order valence-electron chi connectivity index (χ3n) is 9.34. The Bertz CT molecular complexity index is 939. The first kappa shape index (κ1) is 52.7. The van der Waals surface area contributed by atoms with Gasteiger partial charge >= 0.3 is 13.8 Å². The van der Waals surface area contributed by atoms with Crippen LogP contribution in [-0.2, 0) is 27.9 Å². The van der Waals surface area contributed by atoms with E-state index < -0.39 is 39.2 Å². The van der Waals surface area contributed by atoms with E-state index in [1.807, 2.05) is 0 Å². The Morgan fingerprint density at radius 3 is 1.59 bits per heavy atom. The van der Waals surface area contributed by atoms with Crippen LogP contribution in [0.1, 0.15) is 194 Å². The quantitative estimate of drug-likeness (QED) is 0.0239. The molecule has 3 atom stereocenters. The zero-order chi connectivity index (χ0) is 39.6. The molecule has 0 aromatic heterocycles. The number of carbonyl (C=O) groups excluding carboxylic acids is 1. The monoisotopic (exact) mass is 787 g/mol. The summed E-state index contributed by atoms with van der Waals surface area (Å²) < 4.78 is 33.4. The maximum atomic E-state index is 12.6. The second-order valence-corrected chi connectivity index (χ2v) is 16.1. The second kappa shape index (κ2) is 41.3. The first-order valence-electron chi connectivity index (χ1n) is 22.0. The van der Waals surface area contributed by atoms with Crippen LogP contribution in [0.25, 0.3) is 0 Å².